The van der Waals surface area contributed by atoms with E-state index in [4.69, 9.17) is 4.98 Å². The minimum Gasteiger partial charge on any atom is -0.339 e. The van der Waals surface area contributed by atoms with Crippen LogP contribution in [0, 0.1) is 6.92 Å². The molecule has 39 heavy (non-hydrogen) atoms. The van der Waals surface area contributed by atoms with E-state index < -0.39 is 0 Å². The number of rotatable bonds is 10. The minimum atomic E-state index is -0.255. The molecule has 0 saturated carbocycles. The molecule has 0 aliphatic carbocycles. The summed E-state index contributed by atoms with van der Waals surface area (Å²) in [6.45, 7) is 8.01. The number of carbonyl (C=O) groups is 1. The van der Waals surface area contributed by atoms with E-state index in [9.17, 15) is 9.59 Å². The fourth-order valence-corrected chi connectivity index (χ4v) is 6.28. The summed E-state index contributed by atoms with van der Waals surface area (Å²) in [5, 5.41) is 0.350. The normalized spacial score (nSPS) is 15.1. The van der Waals surface area contributed by atoms with Crippen molar-refractivity contribution < 1.29 is 4.79 Å². The van der Waals surface area contributed by atoms with Crippen LogP contribution in [0.15, 0.2) is 75.1 Å². The van der Waals surface area contributed by atoms with E-state index in [1.807, 2.05) is 54.3 Å². The molecule has 8 heteroatoms. The molecule has 1 aliphatic heterocycles. The van der Waals surface area contributed by atoms with Crippen LogP contribution in [-0.4, -0.2) is 63.2 Å². The maximum Gasteiger partial charge on any atom is 0.257 e. The van der Waals surface area contributed by atoms with Gasteiger partial charge in [-0.1, -0.05) is 95.7 Å². The Morgan fingerprint density at radius 2 is 1.77 bits per heavy atom. The highest BCUT2D eigenvalue weighted by Gasteiger charge is 2.29. The lowest BCUT2D eigenvalue weighted by molar-refractivity contribution is -0.132. The molecule has 3 aromatic rings. The summed E-state index contributed by atoms with van der Waals surface area (Å²) < 4.78 is 2.62. The number of piperazine rings is 1. The molecule has 1 aromatic heterocycles. The molecule has 1 aliphatic rings. The number of hydrogen-bond acceptors (Lipinski definition) is 5. The Morgan fingerprint density at radius 1 is 1.08 bits per heavy atom. The summed E-state index contributed by atoms with van der Waals surface area (Å²) in [5.41, 5.74) is 3.64. The summed E-state index contributed by atoms with van der Waals surface area (Å²) in [5.74, 6) is 0.146. The summed E-state index contributed by atoms with van der Waals surface area (Å²) in [6.07, 6.45) is 6.51. The van der Waals surface area contributed by atoms with Gasteiger partial charge in [0, 0.05) is 61.9 Å². The zero-order valence-electron chi connectivity index (χ0n) is 23.0. The average Bonchev–Trinajstić information content (AvgIpc) is 2.95. The molecule has 4 rings (SSSR count). The van der Waals surface area contributed by atoms with Crippen LogP contribution in [0.1, 0.15) is 42.1 Å². The Balaban J connectivity index is 1.38. The molecule has 0 spiro atoms. The second kappa shape index (κ2) is 14.1. The van der Waals surface area contributed by atoms with Gasteiger partial charge in [0.25, 0.3) is 5.56 Å². The lowest BCUT2D eigenvalue weighted by Crippen LogP contribution is -2.51. The first-order chi connectivity index (χ1) is 18.9. The third-order valence-corrected chi connectivity index (χ3v) is 8.90. The van der Waals surface area contributed by atoms with Crippen LogP contribution in [0.2, 0.25) is 0 Å². The van der Waals surface area contributed by atoms with Gasteiger partial charge in [-0.3, -0.25) is 19.1 Å². The zero-order chi connectivity index (χ0) is 27.8. The highest BCUT2D eigenvalue weighted by Crippen LogP contribution is 2.27. The van der Waals surface area contributed by atoms with Gasteiger partial charge in [0.15, 0.2) is 5.16 Å². The SMILES string of the molecule is CCCC(Sc1nc(C)c(Cc2ccc(Br)cc2)c(=O)n1C)C(=O)N1CCN(C/C=C/c2ccccc2)CC1. The van der Waals surface area contributed by atoms with Crippen LogP contribution in [-0.2, 0) is 18.3 Å². The number of carbonyl (C=O) groups excluding carboxylic acids is 1. The largest absolute Gasteiger partial charge is 0.339 e. The predicted octanol–water partition coefficient (Wildman–Crippen LogP) is 5.56. The van der Waals surface area contributed by atoms with Crippen molar-refractivity contribution in [2.45, 2.75) is 43.5 Å². The molecule has 1 unspecified atom stereocenters. The molecule has 1 saturated heterocycles. The number of hydrogen-bond donors (Lipinski definition) is 0. The summed E-state index contributed by atoms with van der Waals surface area (Å²) in [6, 6.07) is 18.3. The lowest BCUT2D eigenvalue weighted by Gasteiger charge is -2.36. The first-order valence-corrected chi connectivity index (χ1v) is 15.2. The molecular formula is C31H37BrN4O2S. The van der Waals surface area contributed by atoms with Gasteiger partial charge in [-0.2, -0.15) is 0 Å². The molecule has 0 radical (unpaired) electrons. The van der Waals surface area contributed by atoms with Gasteiger partial charge in [0.05, 0.1) is 5.25 Å². The van der Waals surface area contributed by atoms with Crippen molar-refractivity contribution in [1.82, 2.24) is 19.4 Å². The predicted molar refractivity (Wildman–Crippen MR) is 164 cm³/mol. The van der Waals surface area contributed by atoms with Crippen molar-refractivity contribution in [2.24, 2.45) is 7.05 Å². The Labute approximate surface area is 244 Å². The average molecular weight is 610 g/mol. The molecule has 206 valence electrons. The highest BCUT2D eigenvalue weighted by atomic mass is 79.9. The minimum absolute atomic E-state index is 0.0483. The lowest BCUT2D eigenvalue weighted by atomic mass is 10.1. The molecule has 6 nitrogen and oxygen atoms in total. The summed E-state index contributed by atoms with van der Waals surface area (Å²) in [4.78, 5) is 36.0. The van der Waals surface area contributed by atoms with E-state index in [1.54, 1.807) is 11.6 Å². The van der Waals surface area contributed by atoms with Crippen molar-refractivity contribution in [3.8, 4) is 0 Å². The van der Waals surface area contributed by atoms with E-state index in [2.05, 4.69) is 52.0 Å². The van der Waals surface area contributed by atoms with Crippen molar-refractivity contribution in [3.63, 3.8) is 0 Å². The molecule has 1 fully saturated rings. The maximum absolute atomic E-state index is 13.6. The standard InChI is InChI=1S/C31H37BrN4O2S/c1-4-9-28(30(38)36-20-18-35(19-21-36)17-8-12-24-10-6-5-7-11-24)39-31-33-23(2)27(29(37)34(31)3)22-25-13-15-26(32)16-14-25/h5-8,10-16,28H,4,9,17-22H2,1-3H3/b12-8+. The number of amides is 1. The van der Waals surface area contributed by atoms with Crippen LogP contribution in [0.5, 0.6) is 0 Å². The quantitative estimate of drug-likeness (QED) is 0.223. The van der Waals surface area contributed by atoms with Crippen LogP contribution >= 0.6 is 27.7 Å². The van der Waals surface area contributed by atoms with E-state index in [-0.39, 0.29) is 16.7 Å². The van der Waals surface area contributed by atoms with Gasteiger partial charge >= 0.3 is 0 Å². The van der Waals surface area contributed by atoms with Crippen LogP contribution < -0.4 is 5.56 Å². The molecule has 2 aromatic carbocycles. The fraction of sp³-hybridized carbons (Fsp3) is 0.387. The monoisotopic (exact) mass is 608 g/mol. The molecular weight excluding hydrogens is 572 g/mol. The Kier molecular flexibility index (Phi) is 10.6. The van der Waals surface area contributed by atoms with Gasteiger partial charge in [0.1, 0.15) is 0 Å². The molecule has 1 atom stereocenters. The topological polar surface area (TPSA) is 58.4 Å². The summed E-state index contributed by atoms with van der Waals surface area (Å²) in [7, 11) is 1.76. The van der Waals surface area contributed by atoms with Gasteiger partial charge in [0.2, 0.25) is 5.91 Å². The summed E-state index contributed by atoms with van der Waals surface area (Å²) >= 11 is 4.89. The first kappa shape index (κ1) is 29.3. The van der Waals surface area contributed by atoms with Crippen LogP contribution in [0.25, 0.3) is 6.08 Å². The second-order valence-corrected chi connectivity index (χ2v) is 12.0. The van der Waals surface area contributed by atoms with Gasteiger partial charge in [-0.15, -0.1) is 0 Å². The third-order valence-electron chi connectivity index (χ3n) is 7.08. The highest BCUT2D eigenvalue weighted by molar-refractivity contribution is 9.10. The number of thioether (sulfide) groups is 1. The number of aromatic nitrogens is 2. The fourth-order valence-electron chi connectivity index (χ4n) is 4.72. The van der Waals surface area contributed by atoms with Gasteiger partial charge in [-0.05, 0) is 36.6 Å². The zero-order valence-corrected chi connectivity index (χ0v) is 25.4. The molecule has 0 N–H and O–H groups in total. The molecule has 2 heterocycles. The van der Waals surface area contributed by atoms with Gasteiger partial charge in [-0.25, -0.2) is 4.98 Å². The van der Waals surface area contributed by atoms with Crippen molar-refractivity contribution in [2.75, 3.05) is 32.7 Å². The van der Waals surface area contributed by atoms with Crippen molar-refractivity contribution >= 4 is 39.7 Å². The Hall–Kier alpha value is -2.68. The van der Waals surface area contributed by atoms with Crippen LogP contribution in [0.3, 0.4) is 0 Å². The molecule has 1 amide bonds. The maximum atomic E-state index is 13.6. The van der Waals surface area contributed by atoms with E-state index in [0.29, 0.717) is 17.1 Å². The third kappa shape index (κ3) is 7.93. The van der Waals surface area contributed by atoms with E-state index >= 15 is 0 Å². The Bertz CT molecular complexity index is 1330. The number of aryl methyl sites for hydroxylation is 1. The second-order valence-electron chi connectivity index (χ2n) is 9.96. The van der Waals surface area contributed by atoms with Crippen molar-refractivity contribution in [1.29, 1.82) is 0 Å². The van der Waals surface area contributed by atoms with Gasteiger partial charge < -0.3 is 4.90 Å². The number of nitrogens with zero attached hydrogens (tertiary/aromatic N) is 4. The smallest absolute Gasteiger partial charge is 0.257 e. The van der Waals surface area contributed by atoms with E-state index in [1.165, 1.54) is 17.3 Å². The first-order valence-electron chi connectivity index (χ1n) is 13.6. The molecule has 0 bridgehead atoms. The number of halogens is 1. The van der Waals surface area contributed by atoms with Crippen molar-refractivity contribution in [3.05, 3.63) is 97.9 Å². The van der Waals surface area contributed by atoms with E-state index in [0.717, 1.165) is 61.3 Å². The number of benzene rings is 2. The Morgan fingerprint density at radius 3 is 2.44 bits per heavy atom. The van der Waals surface area contributed by atoms with Crippen LogP contribution in [0.4, 0.5) is 0 Å².